The molecule has 9 heteroatoms. The molecule has 3 aromatic carbocycles. The topological polar surface area (TPSA) is 99.6 Å². The van der Waals surface area contributed by atoms with Crippen LogP contribution in [0.4, 0.5) is 10.1 Å². The van der Waals surface area contributed by atoms with Gasteiger partial charge in [0.25, 0.3) is 15.9 Å². The van der Waals surface area contributed by atoms with Gasteiger partial charge in [-0.3, -0.25) is 14.5 Å². The van der Waals surface area contributed by atoms with Crippen LogP contribution in [-0.2, 0) is 16.4 Å². The van der Waals surface area contributed by atoms with Crippen molar-refractivity contribution in [3.8, 4) is 0 Å². The molecule has 0 bridgehead atoms. The van der Waals surface area contributed by atoms with Gasteiger partial charge in [0.05, 0.1) is 29.9 Å². The molecule has 0 spiro atoms. The van der Waals surface area contributed by atoms with Crippen molar-refractivity contribution >= 4 is 32.5 Å². The van der Waals surface area contributed by atoms with Crippen LogP contribution in [-0.4, -0.2) is 48.0 Å². The van der Waals surface area contributed by atoms with Gasteiger partial charge in [-0.2, -0.15) is 0 Å². The molecule has 0 unspecified atom stereocenters. The van der Waals surface area contributed by atoms with E-state index in [-0.39, 0.29) is 29.2 Å². The Kier molecular flexibility index (Phi) is 5.74. The maximum Gasteiger partial charge on any atom is 0.264 e. The maximum absolute atomic E-state index is 14.8. The van der Waals surface area contributed by atoms with Crippen LogP contribution in [0.25, 0.3) is 10.9 Å². The molecule has 2 heterocycles. The SMILES string of the molecule is O=C(c1ccc(NS(=O)(=O)c2cccc3cccnc23)cc1F)N1CC(O)(Cc2ccccc2)C1. The van der Waals surface area contributed by atoms with Crippen LogP contribution in [0.3, 0.4) is 0 Å². The predicted molar refractivity (Wildman–Crippen MR) is 130 cm³/mol. The Hall–Kier alpha value is -3.82. The Bertz CT molecular complexity index is 1520. The number of carbonyl (C=O) groups is 1. The van der Waals surface area contributed by atoms with Crippen molar-refractivity contribution in [2.45, 2.75) is 16.9 Å². The van der Waals surface area contributed by atoms with Crippen LogP contribution in [0.1, 0.15) is 15.9 Å². The average Bonchev–Trinajstić information content (AvgIpc) is 2.82. The summed E-state index contributed by atoms with van der Waals surface area (Å²) in [5.74, 6) is -1.42. The molecule has 0 saturated carbocycles. The van der Waals surface area contributed by atoms with Crippen molar-refractivity contribution in [1.82, 2.24) is 9.88 Å². The maximum atomic E-state index is 14.8. The summed E-state index contributed by atoms with van der Waals surface area (Å²) >= 11 is 0. The first-order valence-corrected chi connectivity index (χ1v) is 12.4. The second-order valence-corrected chi connectivity index (χ2v) is 10.3. The number of pyridine rings is 1. The highest BCUT2D eigenvalue weighted by Gasteiger charge is 2.44. The smallest absolute Gasteiger partial charge is 0.264 e. The van der Waals surface area contributed by atoms with Crippen molar-refractivity contribution in [3.63, 3.8) is 0 Å². The number of hydrogen-bond acceptors (Lipinski definition) is 5. The summed E-state index contributed by atoms with van der Waals surface area (Å²) in [6.07, 6.45) is 1.89. The van der Waals surface area contributed by atoms with Crippen molar-refractivity contribution in [2.24, 2.45) is 0 Å². The highest BCUT2D eigenvalue weighted by atomic mass is 32.2. The van der Waals surface area contributed by atoms with Gasteiger partial charge in [0.1, 0.15) is 16.3 Å². The number of aromatic nitrogens is 1. The molecule has 4 aromatic rings. The standard InChI is InChI=1S/C26H22FN3O4S/c27-22-14-20(29-35(33,34)23-10-4-8-19-9-5-13-28-24(19)23)11-12-21(22)25(31)30-16-26(32,17-30)15-18-6-2-1-3-7-18/h1-14,29,32H,15-17H2. The molecule has 1 aliphatic rings. The summed E-state index contributed by atoms with van der Waals surface area (Å²) in [6.45, 7) is 0.172. The quantitative estimate of drug-likeness (QED) is 0.429. The number of carbonyl (C=O) groups excluding carboxylic acids is 1. The summed E-state index contributed by atoms with van der Waals surface area (Å²) in [5.41, 5.74) is -0.0187. The molecule has 0 atom stereocenters. The highest BCUT2D eigenvalue weighted by molar-refractivity contribution is 7.93. The molecule has 178 valence electrons. The Morgan fingerprint density at radius 3 is 2.51 bits per heavy atom. The molecule has 2 N–H and O–H groups in total. The first kappa shape index (κ1) is 22.9. The fourth-order valence-corrected chi connectivity index (χ4v) is 5.55. The molecular weight excluding hydrogens is 469 g/mol. The van der Waals surface area contributed by atoms with Crippen LogP contribution in [0.5, 0.6) is 0 Å². The Morgan fingerprint density at radius 1 is 1.03 bits per heavy atom. The van der Waals surface area contributed by atoms with E-state index in [1.165, 1.54) is 29.3 Å². The molecule has 5 rings (SSSR count). The summed E-state index contributed by atoms with van der Waals surface area (Å²) in [6, 6.07) is 21.2. The van der Waals surface area contributed by atoms with Crippen LogP contribution in [0.15, 0.2) is 90.0 Å². The number of para-hydroxylation sites is 1. The Balaban J connectivity index is 1.30. The first-order chi connectivity index (χ1) is 16.7. The van der Waals surface area contributed by atoms with Crippen LogP contribution >= 0.6 is 0 Å². The Labute approximate surface area is 201 Å². The van der Waals surface area contributed by atoms with Gasteiger partial charge in [-0.05, 0) is 35.9 Å². The molecule has 0 aliphatic carbocycles. The van der Waals surface area contributed by atoms with Gasteiger partial charge in [0.2, 0.25) is 0 Å². The van der Waals surface area contributed by atoms with Gasteiger partial charge < -0.3 is 10.0 Å². The lowest BCUT2D eigenvalue weighted by Crippen LogP contribution is -2.64. The summed E-state index contributed by atoms with van der Waals surface area (Å²) in [5, 5.41) is 11.3. The number of sulfonamides is 1. The van der Waals surface area contributed by atoms with E-state index in [4.69, 9.17) is 0 Å². The average molecular weight is 492 g/mol. The number of anilines is 1. The van der Waals surface area contributed by atoms with Crippen LogP contribution in [0, 0.1) is 5.82 Å². The highest BCUT2D eigenvalue weighted by Crippen LogP contribution is 2.29. The lowest BCUT2D eigenvalue weighted by molar-refractivity contribution is -0.0800. The third kappa shape index (κ3) is 4.60. The number of aliphatic hydroxyl groups is 1. The third-order valence-corrected chi connectivity index (χ3v) is 7.38. The summed E-state index contributed by atoms with van der Waals surface area (Å²) < 4.78 is 43.1. The molecule has 1 amide bonds. The summed E-state index contributed by atoms with van der Waals surface area (Å²) in [7, 11) is -4.05. The predicted octanol–water partition coefficient (Wildman–Crippen LogP) is 3.60. The molecule has 7 nitrogen and oxygen atoms in total. The molecule has 0 radical (unpaired) electrons. The number of benzene rings is 3. The van der Waals surface area contributed by atoms with Crippen LogP contribution in [0.2, 0.25) is 0 Å². The monoisotopic (exact) mass is 491 g/mol. The minimum atomic E-state index is -4.05. The van der Waals surface area contributed by atoms with Gasteiger partial charge in [-0.1, -0.05) is 48.5 Å². The number of rotatable bonds is 6. The van der Waals surface area contributed by atoms with E-state index in [0.717, 1.165) is 11.6 Å². The minimum absolute atomic E-state index is 0.0174. The van der Waals surface area contributed by atoms with Crippen molar-refractivity contribution < 1.29 is 22.7 Å². The largest absolute Gasteiger partial charge is 0.386 e. The number of β-amino-alcohol motifs (C(OH)–C–C–N with tert-alkyl or cyclic N) is 1. The Morgan fingerprint density at radius 2 is 1.77 bits per heavy atom. The number of halogens is 1. The zero-order valence-electron chi connectivity index (χ0n) is 18.6. The molecule has 1 fully saturated rings. The van der Waals surface area contributed by atoms with Gasteiger partial charge in [0.15, 0.2) is 0 Å². The second kappa shape index (κ2) is 8.75. The molecule has 1 saturated heterocycles. The zero-order chi connectivity index (χ0) is 24.6. The van der Waals surface area contributed by atoms with E-state index in [1.54, 1.807) is 24.3 Å². The lowest BCUT2D eigenvalue weighted by Gasteiger charge is -2.46. The van der Waals surface area contributed by atoms with E-state index in [0.29, 0.717) is 17.3 Å². The second-order valence-electron chi connectivity index (χ2n) is 8.68. The molecule has 1 aliphatic heterocycles. The van der Waals surface area contributed by atoms with E-state index >= 15 is 0 Å². The van der Waals surface area contributed by atoms with Gasteiger partial charge in [0, 0.05) is 18.0 Å². The number of nitrogens with one attached hydrogen (secondary N) is 1. The number of nitrogens with zero attached hydrogens (tertiary/aromatic N) is 2. The number of likely N-dealkylation sites (tertiary alicyclic amines) is 1. The van der Waals surface area contributed by atoms with Gasteiger partial charge in [-0.25, -0.2) is 12.8 Å². The molecule has 1 aromatic heterocycles. The third-order valence-electron chi connectivity index (χ3n) is 5.97. The van der Waals surface area contributed by atoms with Gasteiger partial charge in [-0.15, -0.1) is 0 Å². The minimum Gasteiger partial charge on any atom is -0.386 e. The fraction of sp³-hybridized carbons (Fsp3) is 0.154. The number of hydrogen-bond donors (Lipinski definition) is 2. The van der Waals surface area contributed by atoms with Crippen molar-refractivity contribution in [1.29, 1.82) is 0 Å². The van der Waals surface area contributed by atoms with Crippen molar-refractivity contribution in [3.05, 3.63) is 102 Å². The van der Waals surface area contributed by atoms with E-state index in [2.05, 4.69) is 9.71 Å². The van der Waals surface area contributed by atoms with Gasteiger partial charge >= 0.3 is 0 Å². The normalized spacial score (nSPS) is 15.0. The van der Waals surface area contributed by atoms with Crippen molar-refractivity contribution in [2.75, 3.05) is 17.8 Å². The molecule has 35 heavy (non-hydrogen) atoms. The number of amides is 1. The summed E-state index contributed by atoms with van der Waals surface area (Å²) in [4.78, 5) is 18.3. The number of fused-ring (bicyclic) bond motifs is 1. The van der Waals surface area contributed by atoms with E-state index in [9.17, 15) is 22.7 Å². The van der Waals surface area contributed by atoms with E-state index in [1.807, 2.05) is 30.3 Å². The van der Waals surface area contributed by atoms with E-state index < -0.39 is 27.3 Å². The zero-order valence-corrected chi connectivity index (χ0v) is 19.4. The fourth-order valence-electron chi connectivity index (χ4n) is 4.32. The molecular formula is C26H22FN3O4S. The lowest BCUT2D eigenvalue weighted by atomic mass is 9.86. The first-order valence-electron chi connectivity index (χ1n) is 11.0. The van der Waals surface area contributed by atoms with Crippen LogP contribution < -0.4 is 4.72 Å².